The zero-order chi connectivity index (χ0) is 9.66. The van der Waals surface area contributed by atoms with Crippen molar-refractivity contribution in [1.82, 2.24) is 0 Å². The van der Waals surface area contributed by atoms with Crippen molar-refractivity contribution in [1.29, 1.82) is 0 Å². The Bertz CT molecular complexity index is 43.0. The Morgan fingerprint density at radius 1 is 0.833 bits per heavy atom. The Kier molecular flexibility index (Phi) is 20.4. The normalized spacial score (nSPS) is 9.00. The lowest BCUT2D eigenvalue weighted by molar-refractivity contribution is 0.102. The molecule has 0 fully saturated rings. The fourth-order valence-corrected chi connectivity index (χ4v) is 0.418. The predicted octanol–water partition coefficient (Wildman–Crippen LogP) is 0.0304. The first kappa shape index (κ1) is 14.4. The fraction of sp³-hybridized carbons (Fsp3) is 1.00. The molecule has 0 spiro atoms. The summed E-state index contributed by atoms with van der Waals surface area (Å²) in [6.45, 7) is 6.39. The molecule has 0 aliphatic carbocycles. The highest BCUT2D eigenvalue weighted by Crippen LogP contribution is 1.67. The summed E-state index contributed by atoms with van der Waals surface area (Å²) in [5, 5.41) is 16.1. The van der Waals surface area contributed by atoms with Gasteiger partial charge in [-0.3, -0.25) is 0 Å². The van der Waals surface area contributed by atoms with E-state index in [-0.39, 0.29) is 13.2 Å². The van der Waals surface area contributed by atoms with Gasteiger partial charge in [-0.25, -0.2) is 0 Å². The van der Waals surface area contributed by atoms with Crippen molar-refractivity contribution >= 4 is 0 Å². The average Bonchev–Trinajstić information content (AvgIpc) is 2.12. The predicted molar refractivity (Wildman–Crippen MR) is 47.2 cm³/mol. The molecule has 0 bridgehead atoms. The number of ether oxygens (including phenoxy) is 2. The molecule has 0 aliphatic rings. The summed E-state index contributed by atoms with van der Waals surface area (Å²) < 4.78 is 9.47. The molecule has 0 aliphatic heterocycles. The van der Waals surface area contributed by atoms with Gasteiger partial charge < -0.3 is 19.7 Å². The van der Waals surface area contributed by atoms with E-state index in [1.165, 1.54) is 0 Å². The van der Waals surface area contributed by atoms with Crippen LogP contribution in [-0.2, 0) is 9.47 Å². The third-order valence-corrected chi connectivity index (χ3v) is 0.879. The fourth-order valence-electron chi connectivity index (χ4n) is 0.418. The molecule has 4 nitrogen and oxygen atoms in total. The standard InChI is InChI=1S/2C4H10O2/c2*1-2-6-4-3-5/h2*5H,2-4H2,1H3. The van der Waals surface area contributed by atoms with Crippen molar-refractivity contribution in [2.75, 3.05) is 39.6 Å². The molecule has 0 aromatic carbocycles. The van der Waals surface area contributed by atoms with Crippen LogP contribution in [0.4, 0.5) is 0 Å². The van der Waals surface area contributed by atoms with E-state index in [0.717, 1.165) is 0 Å². The minimum Gasteiger partial charge on any atom is -0.394 e. The van der Waals surface area contributed by atoms with Crippen LogP contribution in [0.1, 0.15) is 13.8 Å². The summed E-state index contributed by atoms with van der Waals surface area (Å²) in [5.74, 6) is 0. The van der Waals surface area contributed by atoms with E-state index in [1.807, 2.05) is 13.8 Å². The van der Waals surface area contributed by atoms with Gasteiger partial charge in [-0.1, -0.05) is 0 Å². The van der Waals surface area contributed by atoms with Crippen molar-refractivity contribution in [3.8, 4) is 0 Å². The van der Waals surface area contributed by atoms with Gasteiger partial charge in [0.25, 0.3) is 0 Å². The van der Waals surface area contributed by atoms with Crippen LogP contribution in [0.2, 0.25) is 0 Å². The molecule has 76 valence electrons. The van der Waals surface area contributed by atoms with E-state index in [4.69, 9.17) is 19.7 Å². The van der Waals surface area contributed by atoms with Crippen LogP contribution in [0.5, 0.6) is 0 Å². The van der Waals surface area contributed by atoms with E-state index >= 15 is 0 Å². The number of aliphatic hydroxyl groups is 2. The maximum atomic E-state index is 8.07. The van der Waals surface area contributed by atoms with Gasteiger partial charge in [0.2, 0.25) is 0 Å². The van der Waals surface area contributed by atoms with Crippen LogP contribution in [0.3, 0.4) is 0 Å². The van der Waals surface area contributed by atoms with E-state index in [0.29, 0.717) is 26.4 Å². The third-order valence-electron chi connectivity index (χ3n) is 0.879. The minimum absolute atomic E-state index is 0.133. The summed E-state index contributed by atoms with van der Waals surface area (Å²) in [6, 6.07) is 0. The highest BCUT2D eigenvalue weighted by atomic mass is 16.5. The van der Waals surface area contributed by atoms with Crippen LogP contribution in [-0.4, -0.2) is 49.9 Å². The Hall–Kier alpha value is -0.160. The molecule has 0 aromatic rings. The number of aliphatic hydroxyl groups excluding tert-OH is 2. The highest BCUT2D eigenvalue weighted by Gasteiger charge is 1.74. The van der Waals surface area contributed by atoms with Crippen molar-refractivity contribution in [3.05, 3.63) is 0 Å². The smallest absolute Gasteiger partial charge is 0.0697 e. The molecule has 0 amide bonds. The Morgan fingerprint density at radius 3 is 1.25 bits per heavy atom. The first-order chi connectivity index (χ1) is 5.83. The molecule has 0 saturated heterocycles. The van der Waals surface area contributed by atoms with E-state index in [9.17, 15) is 0 Å². The highest BCUT2D eigenvalue weighted by molar-refractivity contribution is 4.18. The SMILES string of the molecule is CCOCCO.CCOCCO. The zero-order valence-electron chi connectivity index (χ0n) is 7.95. The molecule has 0 atom stereocenters. The lowest BCUT2D eigenvalue weighted by Crippen LogP contribution is -1.96. The molecule has 0 heterocycles. The van der Waals surface area contributed by atoms with Gasteiger partial charge in [0.1, 0.15) is 0 Å². The van der Waals surface area contributed by atoms with Crippen LogP contribution in [0.15, 0.2) is 0 Å². The molecule has 12 heavy (non-hydrogen) atoms. The zero-order valence-corrected chi connectivity index (χ0v) is 7.95. The van der Waals surface area contributed by atoms with Gasteiger partial charge in [0, 0.05) is 13.2 Å². The molecule has 0 unspecified atom stereocenters. The summed E-state index contributed by atoms with van der Waals surface area (Å²) in [5.41, 5.74) is 0. The van der Waals surface area contributed by atoms with E-state index in [2.05, 4.69) is 0 Å². The van der Waals surface area contributed by atoms with Crippen molar-refractivity contribution < 1.29 is 19.7 Å². The molecular weight excluding hydrogens is 160 g/mol. The van der Waals surface area contributed by atoms with Crippen molar-refractivity contribution in [3.63, 3.8) is 0 Å². The molecular formula is C8H20O4. The molecule has 0 saturated carbocycles. The largest absolute Gasteiger partial charge is 0.394 e. The quantitative estimate of drug-likeness (QED) is 0.566. The number of hydrogen-bond acceptors (Lipinski definition) is 4. The van der Waals surface area contributed by atoms with Crippen molar-refractivity contribution in [2.24, 2.45) is 0 Å². The van der Waals surface area contributed by atoms with Gasteiger partial charge in [0.05, 0.1) is 26.4 Å². The lowest BCUT2D eigenvalue weighted by atomic mass is 10.8. The van der Waals surface area contributed by atoms with Gasteiger partial charge >= 0.3 is 0 Å². The summed E-state index contributed by atoms with van der Waals surface area (Å²) in [6.07, 6.45) is 0. The summed E-state index contributed by atoms with van der Waals surface area (Å²) in [4.78, 5) is 0. The lowest BCUT2D eigenvalue weighted by Gasteiger charge is -1.91. The summed E-state index contributed by atoms with van der Waals surface area (Å²) in [7, 11) is 0. The van der Waals surface area contributed by atoms with E-state index < -0.39 is 0 Å². The molecule has 4 heteroatoms. The van der Waals surface area contributed by atoms with Crippen molar-refractivity contribution in [2.45, 2.75) is 13.8 Å². The van der Waals surface area contributed by atoms with Crippen LogP contribution >= 0.6 is 0 Å². The molecule has 0 aromatic heterocycles. The maximum absolute atomic E-state index is 8.07. The van der Waals surface area contributed by atoms with Crippen LogP contribution < -0.4 is 0 Å². The van der Waals surface area contributed by atoms with Gasteiger partial charge in [0.15, 0.2) is 0 Å². The molecule has 0 radical (unpaired) electrons. The third kappa shape index (κ3) is 22.5. The second-order valence-electron chi connectivity index (χ2n) is 1.84. The summed E-state index contributed by atoms with van der Waals surface area (Å²) >= 11 is 0. The second kappa shape index (κ2) is 17.1. The number of rotatable bonds is 6. The topological polar surface area (TPSA) is 58.9 Å². The van der Waals surface area contributed by atoms with Crippen LogP contribution in [0.25, 0.3) is 0 Å². The van der Waals surface area contributed by atoms with Gasteiger partial charge in [-0.05, 0) is 13.8 Å². The average molecular weight is 180 g/mol. The van der Waals surface area contributed by atoms with Gasteiger partial charge in [-0.2, -0.15) is 0 Å². The maximum Gasteiger partial charge on any atom is 0.0697 e. The first-order valence-corrected chi connectivity index (χ1v) is 4.20. The Balaban J connectivity index is 0. The van der Waals surface area contributed by atoms with E-state index in [1.54, 1.807) is 0 Å². The first-order valence-electron chi connectivity index (χ1n) is 4.20. The minimum atomic E-state index is 0.133. The Morgan fingerprint density at radius 2 is 1.17 bits per heavy atom. The number of hydrogen-bond donors (Lipinski definition) is 2. The molecule has 0 rings (SSSR count). The van der Waals surface area contributed by atoms with Gasteiger partial charge in [-0.15, -0.1) is 0 Å². The van der Waals surface area contributed by atoms with Crippen LogP contribution in [0, 0.1) is 0 Å². The Labute approximate surface area is 74.1 Å². The monoisotopic (exact) mass is 180 g/mol. The second-order valence-corrected chi connectivity index (χ2v) is 1.84. The molecule has 2 N–H and O–H groups in total.